The van der Waals surface area contributed by atoms with Crippen LogP contribution in [-0.2, 0) is 4.65 Å². The Hall–Kier alpha value is 0.0249. The predicted molar refractivity (Wildman–Crippen MR) is 70.6 cm³/mol. The van der Waals surface area contributed by atoms with Gasteiger partial charge in [-0.3, -0.25) is 0 Å². The lowest BCUT2D eigenvalue weighted by atomic mass is 9.57. The van der Waals surface area contributed by atoms with E-state index in [1.54, 1.807) is 0 Å². The minimum absolute atomic E-state index is 0.420. The summed E-state index contributed by atoms with van der Waals surface area (Å²) in [5.74, 6) is 0.703. The second-order valence-electron chi connectivity index (χ2n) is 4.91. The molecule has 0 aliphatic rings. The molecule has 2 atom stereocenters. The maximum Gasteiger partial charge on any atom is 0.293 e. The molecule has 0 saturated carbocycles. The molecule has 1 nitrogen and oxygen atoms in total. The van der Waals surface area contributed by atoms with Gasteiger partial charge in [-0.2, -0.15) is 0 Å². The van der Waals surface area contributed by atoms with Crippen LogP contribution < -0.4 is 0 Å². The van der Waals surface area contributed by atoms with E-state index >= 15 is 0 Å². The molecule has 0 heterocycles. The van der Waals surface area contributed by atoms with E-state index in [9.17, 15) is 0 Å². The molecule has 0 aromatic rings. The van der Waals surface area contributed by atoms with E-state index in [-0.39, 0.29) is 0 Å². The van der Waals surface area contributed by atoms with Crippen molar-refractivity contribution in [2.24, 2.45) is 0 Å². The highest BCUT2D eigenvalue weighted by atomic mass is 16.4. The van der Waals surface area contributed by atoms with Crippen LogP contribution in [0.5, 0.6) is 0 Å². The van der Waals surface area contributed by atoms with Gasteiger partial charge in [0.15, 0.2) is 0 Å². The van der Waals surface area contributed by atoms with E-state index in [0.717, 1.165) is 0 Å². The Morgan fingerprint density at radius 2 is 1.53 bits per heavy atom. The average Bonchev–Trinajstić information content (AvgIpc) is 2.22. The Morgan fingerprint density at radius 1 is 1.00 bits per heavy atom. The second-order valence-corrected chi connectivity index (χ2v) is 4.91. The van der Waals surface area contributed by atoms with Crippen molar-refractivity contribution >= 4 is 6.92 Å². The molecule has 0 amide bonds. The first-order chi connectivity index (χ1) is 7.11. The second kappa shape index (κ2) is 9.27. The lowest BCUT2D eigenvalue weighted by molar-refractivity contribution is 0.203. The van der Waals surface area contributed by atoms with Crippen LogP contribution in [0.2, 0.25) is 12.6 Å². The highest BCUT2D eigenvalue weighted by molar-refractivity contribution is 6.51. The van der Waals surface area contributed by atoms with Crippen molar-refractivity contribution in [1.82, 2.24) is 0 Å². The molecule has 0 aliphatic heterocycles. The zero-order valence-electron chi connectivity index (χ0n) is 11.4. The van der Waals surface area contributed by atoms with Gasteiger partial charge in [-0.15, -0.1) is 0 Å². The van der Waals surface area contributed by atoms with Gasteiger partial charge in [0.05, 0.1) is 0 Å². The molecule has 0 fully saturated rings. The standard InChI is InChI=1S/C13H29BO/c1-6-8-10-12(3)14(5)15-13(4)11-9-7-2/h12-13H,6-11H2,1-5H3. The highest BCUT2D eigenvalue weighted by Gasteiger charge is 2.19. The molecule has 0 saturated heterocycles. The molecule has 15 heavy (non-hydrogen) atoms. The van der Waals surface area contributed by atoms with Crippen molar-refractivity contribution in [2.75, 3.05) is 0 Å². The summed E-state index contributed by atoms with van der Waals surface area (Å²) in [6, 6.07) is 0. The van der Waals surface area contributed by atoms with Crippen molar-refractivity contribution in [2.45, 2.75) is 85.0 Å². The van der Waals surface area contributed by atoms with Crippen molar-refractivity contribution in [3.63, 3.8) is 0 Å². The molecule has 0 rings (SSSR count). The largest absolute Gasteiger partial charge is 0.434 e. The number of hydrogen-bond acceptors (Lipinski definition) is 1. The minimum Gasteiger partial charge on any atom is -0.434 e. The molecule has 90 valence electrons. The molecule has 0 N–H and O–H groups in total. The van der Waals surface area contributed by atoms with E-state index in [2.05, 4.69) is 34.5 Å². The predicted octanol–water partition coefficient (Wildman–Crippen LogP) is 4.78. The summed E-state index contributed by atoms with van der Waals surface area (Å²) < 4.78 is 6.01. The van der Waals surface area contributed by atoms with Crippen molar-refractivity contribution in [1.29, 1.82) is 0 Å². The highest BCUT2D eigenvalue weighted by Crippen LogP contribution is 2.20. The third-order valence-corrected chi connectivity index (χ3v) is 3.23. The topological polar surface area (TPSA) is 9.23 Å². The summed E-state index contributed by atoms with van der Waals surface area (Å²) >= 11 is 0. The quantitative estimate of drug-likeness (QED) is 0.499. The molecule has 0 bridgehead atoms. The van der Waals surface area contributed by atoms with Crippen LogP contribution >= 0.6 is 0 Å². The molecule has 2 unspecified atom stereocenters. The van der Waals surface area contributed by atoms with Gasteiger partial charge in [0.25, 0.3) is 6.92 Å². The van der Waals surface area contributed by atoms with Crippen molar-refractivity contribution in [3.05, 3.63) is 0 Å². The van der Waals surface area contributed by atoms with Gasteiger partial charge in [-0.1, -0.05) is 59.7 Å². The summed E-state index contributed by atoms with van der Waals surface area (Å²) in [4.78, 5) is 0. The maximum absolute atomic E-state index is 6.01. The minimum atomic E-state index is 0.420. The Morgan fingerprint density at radius 3 is 2.07 bits per heavy atom. The van der Waals surface area contributed by atoms with E-state index in [1.165, 1.54) is 38.5 Å². The first kappa shape index (κ1) is 15.0. The lowest BCUT2D eigenvalue weighted by Gasteiger charge is -2.21. The van der Waals surface area contributed by atoms with Crippen LogP contribution in [0.15, 0.2) is 0 Å². The monoisotopic (exact) mass is 212 g/mol. The van der Waals surface area contributed by atoms with Crippen molar-refractivity contribution < 1.29 is 4.65 Å². The summed E-state index contributed by atoms with van der Waals surface area (Å²) in [5.41, 5.74) is 0. The molecule has 0 aromatic heterocycles. The maximum atomic E-state index is 6.01. The van der Waals surface area contributed by atoms with Crippen LogP contribution in [0.25, 0.3) is 0 Å². The summed E-state index contributed by atoms with van der Waals surface area (Å²) in [5, 5.41) is 0. The molecule has 0 aliphatic carbocycles. The normalized spacial score (nSPS) is 15.0. The van der Waals surface area contributed by atoms with E-state index in [0.29, 0.717) is 18.8 Å². The van der Waals surface area contributed by atoms with Gasteiger partial charge in [0, 0.05) is 6.10 Å². The molecular formula is C13H29BO. The summed E-state index contributed by atoms with van der Waals surface area (Å²) in [6.07, 6.45) is 8.13. The van der Waals surface area contributed by atoms with Crippen molar-refractivity contribution in [3.8, 4) is 0 Å². The number of rotatable bonds is 9. The van der Waals surface area contributed by atoms with Gasteiger partial charge in [-0.05, 0) is 19.2 Å². The Labute approximate surface area is 97.1 Å². The summed E-state index contributed by atoms with van der Waals surface area (Å²) in [7, 11) is 0. The molecule has 0 spiro atoms. The molecule has 2 heteroatoms. The van der Waals surface area contributed by atoms with E-state index in [4.69, 9.17) is 4.65 Å². The summed E-state index contributed by atoms with van der Waals surface area (Å²) in [6.45, 7) is 11.7. The first-order valence-corrected chi connectivity index (χ1v) is 6.77. The van der Waals surface area contributed by atoms with Crippen LogP contribution in [0.4, 0.5) is 0 Å². The molecule has 0 aromatic carbocycles. The van der Waals surface area contributed by atoms with E-state index < -0.39 is 0 Å². The Bertz CT molecular complexity index is 138. The Balaban J connectivity index is 3.64. The Kier molecular flexibility index (Phi) is 9.28. The third-order valence-electron chi connectivity index (χ3n) is 3.23. The van der Waals surface area contributed by atoms with Crippen LogP contribution in [0.3, 0.4) is 0 Å². The smallest absolute Gasteiger partial charge is 0.293 e. The van der Waals surface area contributed by atoms with Gasteiger partial charge in [0.1, 0.15) is 0 Å². The van der Waals surface area contributed by atoms with Gasteiger partial charge >= 0.3 is 0 Å². The zero-order valence-corrected chi connectivity index (χ0v) is 11.4. The van der Waals surface area contributed by atoms with Crippen LogP contribution in [-0.4, -0.2) is 13.0 Å². The van der Waals surface area contributed by atoms with Gasteiger partial charge in [0.2, 0.25) is 0 Å². The van der Waals surface area contributed by atoms with Crippen LogP contribution in [0, 0.1) is 0 Å². The SMILES string of the molecule is CCCCC(C)OB(C)C(C)CCCC. The van der Waals surface area contributed by atoms with E-state index in [1.807, 2.05) is 0 Å². The third kappa shape index (κ3) is 7.90. The first-order valence-electron chi connectivity index (χ1n) is 6.77. The number of hydrogen-bond donors (Lipinski definition) is 0. The average molecular weight is 212 g/mol. The van der Waals surface area contributed by atoms with Gasteiger partial charge < -0.3 is 4.65 Å². The van der Waals surface area contributed by atoms with Gasteiger partial charge in [-0.25, -0.2) is 0 Å². The zero-order chi connectivity index (χ0) is 11.7. The van der Waals surface area contributed by atoms with Crippen LogP contribution in [0.1, 0.15) is 66.2 Å². The molecule has 0 radical (unpaired) electrons. The fraction of sp³-hybridized carbons (Fsp3) is 1.00. The fourth-order valence-electron chi connectivity index (χ4n) is 1.82. The fourth-order valence-corrected chi connectivity index (χ4v) is 1.82. The molecular weight excluding hydrogens is 183 g/mol. The lowest BCUT2D eigenvalue weighted by Crippen LogP contribution is -2.25. The number of unbranched alkanes of at least 4 members (excludes halogenated alkanes) is 2.